The molecule has 0 bridgehead atoms. The second-order valence-electron chi connectivity index (χ2n) is 7.52. The van der Waals surface area contributed by atoms with Crippen LogP contribution in [0.3, 0.4) is 0 Å². The number of nitrogens with one attached hydrogen (secondary N) is 1. The summed E-state index contributed by atoms with van der Waals surface area (Å²) in [4.78, 5) is 2.62. The van der Waals surface area contributed by atoms with Gasteiger partial charge in [-0.25, -0.2) is 0 Å². The van der Waals surface area contributed by atoms with E-state index in [1.165, 1.54) is 30.6 Å². The monoisotopic (exact) mass is 352 g/mol. The second-order valence-corrected chi connectivity index (χ2v) is 8.44. The summed E-state index contributed by atoms with van der Waals surface area (Å²) in [6, 6.07) is 7.40. The van der Waals surface area contributed by atoms with Gasteiger partial charge in [0, 0.05) is 34.8 Å². The third-order valence-electron chi connectivity index (χ3n) is 4.23. The summed E-state index contributed by atoms with van der Waals surface area (Å²) in [7, 11) is 0. The molecule has 1 unspecified atom stereocenters. The first-order chi connectivity index (χ1) is 9.78. The Morgan fingerprint density at radius 3 is 2.67 bits per heavy atom. The summed E-state index contributed by atoms with van der Waals surface area (Å²) in [5.41, 5.74) is 2.94. The van der Waals surface area contributed by atoms with Crippen LogP contribution >= 0.6 is 15.9 Å². The van der Waals surface area contributed by atoms with E-state index >= 15 is 0 Å². The summed E-state index contributed by atoms with van der Waals surface area (Å²) in [6.07, 6.45) is 2.63. The van der Waals surface area contributed by atoms with Gasteiger partial charge in [-0.05, 0) is 63.3 Å². The number of nitrogens with zero attached hydrogens (tertiary/aromatic N) is 1. The largest absolute Gasteiger partial charge is 0.368 e. The molecule has 2 rings (SSSR count). The molecule has 1 saturated heterocycles. The summed E-state index contributed by atoms with van der Waals surface area (Å²) in [5.74, 6) is 0.708. The van der Waals surface area contributed by atoms with Crippen LogP contribution in [-0.2, 0) is 6.54 Å². The van der Waals surface area contributed by atoms with Crippen LogP contribution < -0.4 is 10.2 Å². The molecule has 2 nitrogen and oxygen atoms in total. The molecule has 0 aliphatic carbocycles. The zero-order valence-corrected chi connectivity index (χ0v) is 15.6. The van der Waals surface area contributed by atoms with Crippen molar-refractivity contribution in [2.24, 2.45) is 5.92 Å². The Morgan fingerprint density at radius 2 is 2.05 bits per heavy atom. The van der Waals surface area contributed by atoms with Gasteiger partial charge in [-0.15, -0.1) is 0 Å². The molecule has 0 saturated carbocycles. The Bertz CT molecular complexity index is 477. The van der Waals surface area contributed by atoms with Gasteiger partial charge in [0.05, 0.1) is 0 Å². The zero-order chi connectivity index (χ0) is 15.6. The highest BCUT2D eigenvalue weighted by Gasteiger charge is 2.28. The normalized spacial score (nSPS) is 19.6. The number of halogens is 1. The minimum atomic E-state index is 0.141. The van der Waals surface area contributed by atoms with Gasteiger partial charge in [0.15, 0.2) is 0 Å². The van der Waals surface area contributed by atoms with Crippen LogP contribution in [0.5, 0.6) is 0 Å². The van der Waals surface area contributed by atoms with Crippen molar-refractivity contribution in [2.75, 3.05) is 11.4 Å². The maximum absolute atomic E-state index is 3.63. The van der Waals surface area contributed by atoms with Gasteiger partial charge in [-0.3, -0.25) is 0 Å². The number of anilines is 1. The molecule has 1 aliphatic rings. The second kappa shape index (κ2) is 6.70. The number of benzene rings is 1. The Labute approximate surface area is 138 Å². The van der Waals surface area contributed by atoms with E-state index in [2.05, 4.69) is 79.0 Å². The van der Waals surface area contributed by atoms with Crippen molar-refractivity contribution >= 4 is 21.6 Å². The van der Waals surface area contributed by atoms with Gasteiger partial charge in [0.2, 0.25) is 0 Å². The lowest BCUT2D eigenvalue weighted by Gasteiger charge is -2.32. The molecule has 1 atom stereocenters. The molecule has 0 spiro atoms. The average molecular weight is 353 g/mol. The topological polar surface area (TPSA) is 15.3 Å². The predicted molar refractivity (Wildman–Crippen MR) is 95.9 cm³/mol. The maximum atomic E-state index is 3.63. The third-order valence-corrected chi connectivity index (χ3v) is 4.72. The van der Waals surface area contributed by atoms with Gasteiger partial charge in [-0.2, -0.15) is 0 Å². The molecule has 0 amide bonds. The molecule has 0 aromatic heterocycles. The van der Waals surface area contributed by atoms with Gasteiger partial charge >= 0.3 is 0 Å². The SMILES string of the molecule is CC(C)C1CCCN1c1ccc(Br)cc1CNC(C)(C)C. The quantitative estimate of drug-likeness (QED) is 0.823. The molecular weight excluding hydrogens is 324 g/mol. The number of hydrogen-bond donors (Lipinski definition) is 1. The average Bonchev–Trinajstić information content (AvgIpc) is 2.84. The fraction of sp³-hybridized carbons (Fsp3) is 0.667. The highest BCUT2D eigenvalue weighted by molar-refractivity contribution is 9.10. The maximum Gasteiger partial charge on any atom is 0.0415 e. The van der Waals surface area contributed by atoms with Crippen LogP contribution in [0.25, 0.3) is 0 Å². The van der Waals surface area contributed by atoms with E-state index in [0.717, 1.165) is 11.0 Å². The molecule has 1 aromatic rings. The highest BCUT2D eigenvalue weighted by Crippen LogP contribution is 2.33. The molecule has 1 aliphatic heterocycles. The lowest BCUT2D eigenvalue weighted by Crippen LogP contribution is -2.37. The van der Waals surface area contributed by atoms with Crippen LogP contribution in [0, 0.1) is 5.92 Å². The number of rotatable bonds is 4. The molecule has 0 radical (unpaired) electrons. The molecule has 1 heterocycles. The smallest absolute Gasteiger partial charge is 0.0415 e. The Kier molecular flexibility index (Phi) is 5.37. The molecule has 1 fully saturated rings. The van der Waals surface area contributed by atoms with Crippen molar-refractivity contribution in [3.05, 3.63) is 28.2 Å². The van der Waals surface area contributed by atoms with Crippen LogP contribution in [0.15, 0.2) is 22.7 Å². The van der Waals surface area contributed by atoms with Gasteiger partial charge in [0.25, 0.3) is 0 Å². The van der Waals surface area contributed by atoms with E-state index in [1.807, 2.05) is 0 Å². The van der Waals surface area contributed by atoms with Crippen molar-refractivity contribution in [1.29, 1.82) is 0 Å². The van der Waals surface area contributed by atoms with Crippen molar-refractivity contribution in [2.45, 2.75) is 65.6 Å². The molecular formula is C18H29BrN2. The van der Waals surface area contributed by atoms with E-state index in [9.17, 15) is 0 Å². The summed E-state index contributed by atoms with van der Waals surface area (Å²) in [5, 5.41) is 3.63. The zero-order valence-electron chi connectivity index (χ0n) is 14.0. The number of hydrogen-bond acceptors (Lipinski definition) is 2. The molecule has 1 aromatic carbocycles. The molecule has 3 heteroatoms. The summed E-state index contributed by atoms with van der Waals surface area (Å²) >= 11 is 3.62. The van der Waals surface area contributed by atoms with Crippen molar-refractivity contribution in [3.63, 3.8) is 0 Å². The Balaban J connectivity index is 2.26. The minimum absolute atomic E-state index is 0.141. The Morgan fingerprint density at radius 1 is 1.33 bits per heavy atom. The van der Waals surface area contributed by atoms with E-state index in [4.69, 9.17) is 0 Å². The van der Waals surface area contributed by atoms with Crippen molar-refractivity contribution in [1.82, 2.24) is 5.32 Å². The standard InChI is InChI=1S/C18H29BrN2/c1-13(2)16-7-6-10-21(16)17-9-8-15(19)11-14(17)12-20-18(3,4)5/h8-9,11,13,16,20H,6-7,10,12H2,1-5H3. The first-order valence-electron chi connectivity index (χ1n) is 8.08. The predicted octanol–water partition coefficient (Wildman–Crippen LogP) is 4.96. The van der Waals surface area contributed by atoms with Crippen LogP contribution in [0.2, 0.25) is 0 Å². The van der Waals surface area contributed by atoms with E-state index in [0.29, 0.717) is 12.0 Å². The summed E-state index contributed by atoms with van der Waals surface area (Å²) in [6.45, 7) is 13.4. The molecule has 21 heavy (non-hydrogen) atoms. The van der Waals surface area contributed by atoms with Gasteiger partial charge in [-0.1, -0.05) is 29.8 Å². The van der Waals surface area contributed by atoms with Crippen LogP contribution in [0.1, 0.15) is 53.0 Å². The molecule has 118 valence electrons. The van der Waals surface area contributed by atoms with E-state index < -0.39 is 0 Å². The van der Waals surface area contributed by atoms with Crippen LogP contribution in [-0.4, -0.2) is 18.1 Å². The van der Waals surface area contributed by atoms with Gasteiger partial charge < -0.3 is 10.2 Å². The van der Waals surface area contributed by atoms with Crippen molar-refractivity contribution in [3.8, 4) is 0 Å². The Hall–Kier alpha value is -0.540. The van der Waals surface area contributed by atoms with E-state index in [1.54, 1.807) is 0 Å². The summed E-state index contributed by atoms with van der Waals surface area (Å²) < 4.78 is 1.16. The fourth-order valence-electron chi connectivity index (χ4n) is 3.12. The van der Waals surface area contributed by atoms with Crippen molar-refractivity contribution < 1.29 is 0 Å². The van der Waals surface area contributed by atoms with Crippen LogP contribution in [0.4, 0.5) is 5.69 Å². The molecule has 1 N–H and O–H groups in total. The highest BCUT2D eigenvalue weighted by atomic mass is 79.9. The lowest BCUT2D eigenvalue weighted by atomic mass is 10.0. The van der Waals surface area contributed by atoms with Gasteiger partial charge in [0.1, 0.15) is 0 Å². The van der Waals surface area contributed by atoms with E-state index in [-0.39, 0.29) is 5.54 Å². The fourth-order valence-corrected chi connectivity index (χ4v) is 3.53. The first kappa shape index (κ1) is 16.8. The lowest BCUT2D eigenvalue weighted by molar-refractivity contribution is 0.423. The first-order valence-corrected chi connectivity index (χ1v) is 8.87. The third kappa shape index (κ3) is 4.46. The minimum Gasteiger partial charge on any atom is -0.368 e.